The second-order valence-corrected chi connectivity index (χ2v) is 7.00. The maximum Gasteiger partial charge on any atom is 0.239 e. The van der Waals surface area contributed by atoms with E-state index in [-0.39, 0.29) is 18.5 Å². The number of nitrogens with zero attached hydrogens (tertiary/aromatic N) is 2. The molecule has 1 atom stereocenters. The number of nitrogens with one attached hydrogen (secondary N) is 2. The number of benzene rings is 2. The van der Waals surface area contributed by atoms with Gasteiger partial charge in [0.25, 0.3) is 0 Å². The minimum absolute atomic E-state index is 0.0341. The van der Waals surface area contributed by atoms with Gasteiger partial charge in [0.1, 0.15) is 5.82 Å². The van der Waals surface area contributed by atoms with Gasteiger partial charge in [-0.1, -0.05) is 47.5 Å². The zero-order valence-electron chi connectivity index (χ0n) is 15.7. The highest BCUT2D eigenvalue weighted by atomic mass is 35.5. The van der Waals surface area contributed by atoms with Gasteiger partial charge >= 0.3 is 0 Å². The van der Waals surface area contributed by atoms with Crippen LogP contribution >= 0.6 is 11.6 Å². The molecule has 1 aromatic heterocycles. The largest absolute Gasteiger partial charge is 0.309 e. The Morgan fingerprint density at radius 2 is 1.85 bits per heavy atom. The first-order valence-electron chi connectivity index (χ1n) is 8.85. The Bertz CT molecular complexity index is 934. The van der Waals surface area contributed by atoms with Gasteiger partial charge in [0.15, 0.2) is 0 Å². The van der Waals surface area contributed by atoms with Crippen LogP contribution < -0.4 is 10.6 Å². The number of carbonyl (C=O) groups is 1. The predicted molar refractivity (Wildman–Crippen MR) is 110 cm³/mol. The molecule has 5 nitrogen and oxygen atoms in total. The van der Waals surface area contributed by atoms with Crippen molar-refractivity contribution >= 4 is 23.3 Å². The number of anilines is 1. The summed E-state index contributed by atoms with van der Waals surface area (Å²) in [6, 6.07) is 17.4. The van der Waals surface area contributed by atoms with Crippen LogP contribution in [0.2, 0.25) is 5.02 Å². The maximum atomic E-state index is 12.4. The van der Waals surface area contributed by atoms with Crippen LogP contribution in [0.4, 0.5) is 5.82 Å². The first-order valence-corrected chi connectivity index (χ1v) is 9.23. The van der Waals surface area contributed by atoms with E-state index < -0.39 is 0 Å². The quantitative estimate of drug-likeness (QED) is 0.663. The van der Waals surface area contributed by atoms with E-state index >= 15 is 0 Å². The Labute approximate surface area is 164 Å². The number of amides is 1. The summed E-state index contributed by atoms with van der Waals surface area (Å²) in [6.07, 6.45) is 0. The molecule has 2 aromatic carbocycles. The molecule has 0 radical (unpaired) electrons. The van der Waals surface area contributed by atoms with Gasteiger partial charge in [-0.3, -0.25) is 4.79 Å². The van der Waals surface area contributed by atoms with Gasteiger partial charge in [-0.25, -0.2) is 4.68 Å². The summed E-state index contributed by atoms with van der Waals surface area (Å²) in [5.74, 6) is 0.510. The third-order valence-electron chi connectivity index (χ3n) is 4.32. The highest BCUT2D eigenvalue weighted by molar-refractivity contribution is 6.31. The number of hydrogen-bond donors (Lipinski definition) is 2. The van der Waals surface area contributed by atoms with Crippen molar-refractivity contribution in [2.24, 2.45) is 0 Å². The molecule has 0 bridgehead atoms. The molecule has 0 aliphatic rings. The summed E-state index contributed by atoms with van der Waals surface area (Å²) >= 11 is 6.21. The fourth-order valence-electron chi connectivity index (χ4n) is 2.84. The average molecular weight is 383 g/mol. The smallest absolute Gasteiger partial charge is 0.239 e. The SMILES string of the molecule is Cc1ccc(-n2nc(C)cc2NC(=O)CNC(C)c2ccccc2Cl)cc1. The molecule has 140 valence electrons. The second-order valence-electron chi connectivity index (χ2n) is 6.59. The van der Waals surface area contributed by atoms with Crippen molar-refractivity contribution in [3.8, 4) is 5.69 Å². The molecule has 1 heterocycles. The van der Waals surface area contributed by atoms with E-state index in [2.05, 4.69) is 15.7 Å². The topological polar surface area (TPSA) is 59.0 Å². The Kier molecular flexibility index (Phi) is 5.94. The minimum atomic E-state index is -0.137. The van der Waals surface area contributed by atoms with Gasteiger partial charge in [-0.2, -0.15) is 5.10 Å². The van der Waals surface area contributed by atoms with Crippen molar-refractivity contribution < 1.29 is 4.79 Å². The Morgan fingerprint density at radius 3 is 2.56 bits per heavy atom. The van der Waals surface area contributed by atoms with Crippen LogP contribution in [0, 0.1) is 13.8 Å². The second kappa shape index (κ2) is 8.37. The summed E-state index contributed by atoms with van der Waals surface area (Å²) in [5.41, 5.74) is 3.88. The summed E-state index contributed by atoms with van der Waals surface area (Å²) in [5, 5.41) is 11.3. The molecule has 0 spiro atoms. The molecular weight excluding hydrogens is 360 g/mol. The predicted octanol–water partition coefficient (Wildman–Crippen LogP) is 4.43. The van der Waals surface area contributed by atoms with Crippen molar-refractivity contribution in [1.29, 1.82) is 0 Å². The lowest BCUT2D eigenvalue weighted by Crippen LogP contribution is -2.30. The fraction of sp³-hybridized carbons (Fsp3) is 0.238. The number of halogens is 1. The maximum absolute atomic E-state index is 12.4. The van der Waals surface area contributed by atoms with Gasteiger partial charge in [0.05, 0.1) is 17.9 Å². The molecular formula is C21H23ClN4O. The lowest BCUT2D eigenvalue weighted by molar-refractivity contribution is -0.115. The Hall–Kier alpha value is -2.63. The summed E-state index contributed by atoms with van der Waals surface area (Å²) in [4.78, 5) is 12.4. The standard InChI is InChI=1S/C21H23ClN4O/c1-14-8-10-17(11-9-14)26-20(12-15(2)25-26)24-21(27)13-23-16(3)18-6-4-5-7-19(18)22/h4-12,16,23H,13H2,1-3H3,(H,24,27). The van der Waals surface area contributed by atoms with Crippen molar-refractivity contribution in [3.63, 3.8) is 0 Å². The van der Waals surface area contributed by atoms with E-state index in [0.717, 1.165) is 16.9 Å². The molecule has 2 N–H and O–H groups in total. The summed E-state index contributed by atoms with van der Waals surface area (Å²) in [6.45, 7) is 6.09. The highest BCUT2D eigenvalue weighted by Crippen LogP contribution is 2.22. The molecule has 0 aliphatic heterocycles. The number of rotatable bonds is 6. The van der Waals surface area contributed by atoms with E-state index in [0.29, 0.717) is 10.8 Å². The first kappa shape index (κ1) is 19.1. The van der Waals surface area contributed by atoms with Crippen LogP contribution in [0.25, 0.3) is 5.69 Å². The number of aryl methyl sites for hydroxylation is 2. The third kappa shape index (κ3) is 4.76. The average Bonchev–Trinajstić information content (AvgIpc) is 3.01. The lowest BCUT2D eigenvalue weighted by Gasteiger charge is -2.15. The van der Waals surface area contributed by atoms with E-state index in [1.807, 2.05) is 75.4 Å². The molecule has 27 heavy (non-hydrogen) atoms. The Balaban J connectivity index is 1.66. The molecule has 0 aliphatic carbocycles. The molecule has 6 heteroatoms. The van der Waals surface area contributed by atoms with Gasteiger partial charge in [0.2, 0.25) is 5.91 Å². The molecule has 0 saturated heterocycles. The lowest BCUT2D eigenvalue weighted by atomic mass is 10.1. The zero-order chi connectivity index (χ0) is 19.4. The molecule has 0 saturated carbocycles. The monoisotopic (exact) mass is 382 g/mol. The first-order chi connectivity index (χ1) is 12.9. The normalized spacial score (nSPS) is 12.0. The van der Waals surface area contributed by atoms with Gasteiger partial charge < -0.3 is 10.6 Å². The number of carbonyl (C=O) groups excluding carboxylic acids is 1. The number of hydrogen-bond acceptors (Lipinski definition) is 3. The van der Waals surface area contributed by atoms with Gasteiger partial charge in [0, 0.05) is 17.1 Å². The molecule has 1 amide bonds. The van der Waals surface area contributed by atoms with Crippen LogP contribution in [0.15, 0.2) is 54.6 Å². The molecule has 3 aromatic rings. The fourth-order valence-corrected chi connectivity index (χ4v) is 3.14. The van der Waals surface area contributed by atoms with Crippen LogP contribution in [0.5, 0.6) is 0 Å². The van der Waals surface area contributed by atoms with Crippen molar-refractivity contribution in [2.75, 3.05) is 11.9 Å². The van der Waals surface area contributed by atoms with E-state index in [1.54, 1.807) is 4.68 Å². The van der Waals surface area contributed by atoms with Crippen LogP contribution in [0.1, 0.15) is 29.8 Å². The van der Waals surface area contributed by atoms with Crippen molar-refractivity contribution in [3.05, 3.63) is 76.4 Å². The summed E-state index contributed by atoms with van der Waals surface area (Å²) < 4.78 is 1.74. The third-order valence-corrected chi connectivity index (χ3v) is 4.66. The van der Waals surface area contributed by atoms with Crippen LogP contribution in [-0.2, 0) is 4.79 Å². The zero-order valence-corrected chi connectivity index (χ0v) is 16.4. The Morgan fingerprint density at radius 1 is 1.15 bits per heavy atom. The van der Waals surface area contributed by atoms with Crippen molar-refractivity contribution in [1.82, 2.24) is 15.1 Å². The van der Waals surface area contributed by atoms with E-state index in [4.69, 9.17) is 11.6 Å². The van der Waals surface area contributed by atoms with Gasteiger partial charge in [-0.05, 0) is 44.5 Å². The van der Waals surface area contributed by atoms with E-state index in [1.165, 1.54) is 5.56 Å². The number of aromatic nitrogens is 2. The van der Waals surface area contributed by atoms with Crippen molar-refractivity contribution in [2.45, 2.75) is 26.8 Å². The molecule has 3 rings (SSSR count). The minimum Gasteiger partial charge on any atom is -0.309 e. The van der Waals surface area contributed by atoms with Crippen LogP contribution in [0.3, 0.4) is 0 Å². The molecule has 1 unspecified atom stereocenters. The van der Waals surface area contributed by atoms with E-state index in [9.17, 15) is 4.79 Å². The molecule has 0 fully saturated rings. The van der Waals surface area contributed by atoms with Gasteiger partial charge in [-0.15, -0.1) is 0 Å². The summed E-state index contributed by atoms with van der Waals surface area (Å²) in [7, 11) is 0. The highest BCUT2D eigenvalue weighted by Gasteiger charge is 2.13. The van der Waals surface area contributed by atoms with Crippen LogP contribution in [-0.4, -0.2) is 22.2 Å².